The molecule has 1 aromatic carbocycles. The van der Waals surface area contributed by atoms with Gasteiger partial charge in [-0.05, 0) is 37.7 Å². The summed E-state index contributed by atoms with van der Waals surface area (Å²) in [6, 6.07) is 5.69. The Morgan fingerprint density at radius 1 is 1.29 bits per heavy atom. The van der Waals surface area contributed by atoms with Gasteiger partial charge >= 0.3 is 0 Å². The van der Waals surface area contributed by atoms with E-state index in [0.717, 1.165) is 18.7 Å². The van der Waals surface area contributed by atoms with Gasteiger partial charge in [0, 0.05) is 0 Å². The van der Waals surface area contributed by atoms with E-state index in [0.29, 0.717) is 17.9 Å². The van der Waals surface area contributed by atoms with E-state index >= 15 is 0 Å². The minimum absolute atomic E-state index is 0.116. The number of benzene rings is 1. The van der Waals surface area contributed by atoms with Crippen LogP contribution in [0, 0.1) is 6.92 Å². The molecule has 94 valence electrons. The number of methoxy groups -OCH3 is 1. The molecule has 0 aromatic heterocycles. The Morgan fingerprint density at radius 2 is 1.94 bits per heavy atom. The number of nitrogens with zero attached hydrogens (tertiary/aromatic N) is 1. The number of ketones is 1. The van der Waals surface area contributed by atoms with Gasteiger partial charge < -0.3 is 4.74 Å². The molecule has 0 amide bonds. The van der Waals surface area contributed by atoms with E-state index in [1.165, 1.54) is 0 Å². The average Bonchev–Trinajstić information content (AvgIpc) is 2.35. The van der Waals surface area contributed by atoms with Crippen molar-refractivity contribution in [3.05, 3.63) is 29.3 Å². The topological polar surface area (TPSA) is 29.5 Å². The lowest BCUT2D eigenvalue weighted by molar-refractivity contribution is 0.0934. The van der Waals surface area contributed by atoms with Gasteiger partial charge in [-0.25, -0.2) is 0 Å². The van der Waals surface area contributed by atoms with Crippen molar-refractivity contribution < 1.29 is 9.53 Å². The van der Waals surface area contributed by atoms with Gasteiger partial charge in [0.25, 0.3) is 0 Å². The zero-order valence-electron chi connectivity index (χ0n) is 11.1. The number of Topliss-reactive ketones (excluding diaryl/α,β-unsaturated/α-hetero) is 1. The number of aryl methyl sites for hydroxylation is 1. The highest BCUT2D eigenvalue weighted by molar-refractivity contribution is 6.00. The van der Waals surface area contributed by atoms with Crippen molar-refractivity contribution in [1.29, 1.82) is 0 Å². The fourth-order valence-electron chi connectivity index (χ4n) is 1.76. The van der Waals surface area contributed by atoms with Crippen LogP contribution in [0.15, 0.2) is 18.2 Å². The van der Waals surface area contributed by atoms with Gasteiger partial charge in [0.05, 0.1) is 19.2 Å². The van der Waals surface area contributed by atoms with Crippen molar-refractivity contribution in [3.8, 4) is 5.75 Å². The highest BCUT2D eigenvalue weighted by Crippen LogP contribution is 2.20. The second-order valence-electron chi connectivity index (χ2n) is 4.09. The molecule has 0 unspecified atom stereocenters. The Kier molecular flexibility index (Phi) is 5.16. The van der Waals surface area contributed by atoms with E-state index in [1.54, 1.807) is 7.11 Å². The highest BCUT2D eigenvalue weighted by Gasteiger charge is 2.14. The summed E-state index contributed by atoms with van der Waals surface area (Å²) in [5, 5.41) is 0. The Hall–Kier alpha value is -1.35. The zero-order valence-corrected chi connectivity index (χ0v) is 11.1. The van der Waals surface area contributed by atoms with Gasteiger partial charge in [-0.2, -0.15) is 0 Å². The molecule has 3 nitrogen and oxygen atoms in total. The molecular formula is C14H21NO2. The van der Waals surface area contributed by atoms with Crippen LogP contribution in [0.1, 0.15) is 29.8 Å². The normalized spacial score (nSPS) is 10.6. The predicted octanol–water partition coefficient (Wildman–Crippen LogP) is 2.53. The Bertz CT molecular complexity index is 384. The summed E-state index contributed by atoms with van der Waals surface area (Å²) >= 11 is 0. The summed E-state index contributed by atoms with van der Waals surface area (Å²) in [4.78, 5) is 14.2. The SMILES string of the molecule is CCN(CC)CC(=O)c1ccc(C)cc1OC. The molecule has 3 heteroatoms. The van der Waals surface area contributed by atoms with Crippen molar-refractivity contribution in [2.45, 2.75) is 20.8 Å². The predicted molar refractivity (Wildman–Crippen MR) is 69.8 cm³/mol. The van der Waals surface area contributed by atoms with Crippen LogP contribution in [0.2, 0.25) is 0 Å². The molecule has 0 fully saturated rings. The van der Waals surface area contributed by atoms with Crippen molar-refractivity contribution in [3.63, 3.8) is 0 Å². The monoisotopic (exact) mass is 235 g/mol. The maximum absolute atomic E-state index is 12.1. The standard InChI is InChI=1S/C14H21NO2/c1-5-15(6-2)10-13(16)12-8-7-11(3)9-14(12)17-4/h7-9H,5-6,10H2,1-4H3. The number of likely N-dealkylation sites (N-methyl/N-ethyl adjacent to an activating group) is 1. The number of carbonyl (C=O) groups is 1. The first-order valence-corrected chi connectivity index (χ1v) is 6.02. The Labute approximate surface area is 103 Å². The molecule has 0 saturated heterocycles. The highest BCUT2D eigenvalue weighted by atomic mass is 16.5. The lowest BCUT2D eigenvalue weighted by atomic mass is 10.1. The minimum atomic E-state index is 0.116. The number of hydrogen-bond donors (Lipinski definition) is 0. The van der Waals surface area contributed by atoms with E-state index in [1.807, 2.05) is 25.1 Å². The van der Waals surface area contributed by atoms with Gasteiger partial charge in [-0.3, -0.25) is 9.69 Å². The van der Waals surface area contributed by atoms with E-state index in [-0.39, 0.29) is 5.78 Å². The summed E-state index contributed by atoms with van der Waals surface area (Å²) in [6.45, 7) is 8.33. The minimum Gasteiger partial charge on any atom is -0.496 e. The van der Waals surface area contributed by atoms with Gasteiger partial charge in [-0.15, -0.1) is 0 Å². The van der Waals surface area contributed by atoms with Crippen LogP contribution in [0.4, 0.5) is 0 Å². The van der Waals surface area contributed by atoms with Crippen LogP contribution in [0.3, 0.4) is 0 Å². The summed E-state index contributed by atoms with van der Waals surface area (Å²) in [7, 11) is 1.60. The van der Waals surface area contributed by atoms with Crippen molar-refractivity contribution >= 4 is 5.78 Å². The third kappa shape index (κ3) is 3.56. The molecule has 0 aliphatic rings. The van der Waals surface area contributed by atoms with Crippen LogP contribution in [0.25, 0.3) is 0 Å². The summed E-state index contributed by atoms with van der Waals surface area (Å²) in [6.07, 6.45) is 0. The quantitative estimate of drug-likeness (QED) is 0.710. The first kappa shape index (κ1) is 13.7. The molecule has 0 aliphatic carbocycles. The van der Waals surface area contributed by atoms with Crippen molar-refractivity contribution in [2.75, 3.05) is 26.7 Å². The van der Waals surface area contributed by atoms with Crippen LogP contribution in [0.5, 0.6) is 5.75 Å². The molecule has 1 rings (SSSR count). The molecule has 0 atom stereocenters. The van der Waals surface area contributed by atoms with Gasteiger partial charge in [0.15, 0.2) is 5.78 Å². The van der Waals surface area contributed by atoms with E-state index < -0.39 is 0 Å². The van der Waals surface area contributed by atoms with E-state index in [9.17, 15) is 4.79 Å². The average molecular weight is 235 g/mol. The molecule has 0 heterocycles. The zero-order chi connectivity index (χ0) is 12.8. The van der Waals surface area contributed by atoms with Crippen molar-refractivity contribution in [1.82, 2.24) is 4.90 Å². The van der Waals surface area contributed by atoms with Crippen LogP contribution in [-0.2, 0) is 0 Å². The Balaban J connectivity index is 2.88. The van der Waals surface area contributed by atoms with E-state index in [2.05, 4.69) is 18.7 Å². The first-order chi connectivity index (χ1) is 8.12. The molecule has 0 bridgehead atoms. The first-order valence-electron chi connectivity index (χ1n) is 6.02. The lowest BCUT2D eigenvalue weighted by Crippen LogP contribution is -2.29. The summed E-state index contributed by atoms with van der Waals surface area (Å²) in [5.74, 6) is 0.785. The van der Waals surface area contributed by atoms with Gasteiger partial charge in [0.2, 0.25) is 0 Å². The van der Waals surface area contributed by atoms with Gasteiger partial charge in [0.1, 0.15) is 5.75 Å². The van der Waals surface area contributed by atoms with Crippen LogP contribution in [-0.4, -0.2) is 37.4 Å². The fourth-order valence-corrected chi connectivity index (χ4v) is 1.76. The Morgan fingerprint density at radius 3 is 2.47 bits per heavy atom. The molecule has 0 aliphatic heterocycles. The third-order valence-electron chi connectivity index (χ3n) is 2.92. The second kappa shape index (κ2) is 6.40. The number of rotatable bonds is 6. The molecule has 0 radical (unpaired) electrons. The molecule has 17 heavy (non-hydrogen) atoms. The molecule has 0 N–H and O–H groups in total. The van der Waals surface area contributed by atoms with Crippen molar-refractivity contribution in [2.24, 2.45) is 0 Å². The number of carbonyl (C=O) groups excluding carboxylic acids is 1. The number of ether oxygens (including phenoxy) is 1. The van der Waals surface area contributed by atoms with E-state index in [4.69, 9.17) is 4.74 Å². The maximum atomic E-state index is 12.1. The largest absolute Gasteiger partial charge is 0.496 e. The smallest absolute Gasteiger partial charge is 0.180 e. The van der Waals surface area contributed by atoms with Crippen LogP contribution >= 0.6 is 0 Å². The van der Waals surface area contributed by atoms with Gasteiger partial charge in [-0.1, -0.05) is 19.9 Å². The third-order valence-corrected chi connectivity index (χ3v) is 2.92. The molecule has 0 spiro atoms. The molecular weight excluding hydrogens is 214 g/mol. The lowest BCUT2D eigenvalue weighted by Gasteiger charge is -2.17. The summed E-state index contributed by atoms with van der Waals surface area (Å²) < 4.78 is 5.26. The maximum Gasteiger partial charge on any atom is 0.180 e. The fraction of sp³-hybridized carbons (Fsp3) is 0.500. The second-order valence-corrected chi connectivity index (χ2v) is 4.09. The number of hydrogen-bond acceptors (Lipinski definition) is 3. The van der Waals surface area contributed by atoms with Crippen LogP contribution < -0.4 is 4.74 Å². The summed E-state index contributed by atoms with van der Waals surface area (Å²) in [5.41, 5.74) is 1.77. The molecule has 1 aromatic rings. The molecule has 0 saturated carbocycles.